The molecule has 0 spiro atoms. The second-order valence-electron chi connectivity index (χ2n) is 4.36. The number of hydrogen-bond acceptors (Lipinski definition) is 4. The van der Waals surface area contributed by atoms with Gasteiger partial charge in [0.2, 0.25) is 0 Å². The zero-order chi connectivity index (χ0) is 12.8. The summed E-state index contributed by atoms with van der Waals surface area (Å²) in [5.74, 6) is 1.78. The van der Waals surface area contributed by atoms with Crippen LogP contribution in [0.5, 0.6) is 11.5 Å². The topological polar surface area (TPSA) is 42.5 Å². The maximum Gasteiger partial charge on any atom is 0.142 e. The molecule has 0 saturated carbocycles. The Morgan fingerprint density at radius 2 is 2.11 bits per heavy atom. The third-order valence-electron chi connectivity index (χ3n) is 2.98. The molecule has 1 fully saturated rings. The first kappa shape index (κ1) is 13.0. The maximum absolute atomic E-state index is 5.64. The molecule has 1 aromatic rings. The molecule has 4 heteroatoms. The highest BCUT2D eigenvalue weighted by atomic mass is 16.5. The molecule has 0 bridgehead atoms. The van der Waals surface area contributed by atoms with Gasteiger partial charge in [-0.05, 0) is 38.9 Å². The van der Waals surface area contributed by atoms with Gasteiger partial charge in [0.1, 0.15) is 11.5 Å². The minimum atomic E-state index is 0.473. The Bertz CT molecular complexity index is 376. The molecule has 0 amide bonds. The van der Waals surface area contributed by atoms with Crippen LogP contribution in [0.3, 0.4) is 0 Å². The zero-order valence-corrected chi connectivity index (χ0v) is 11.2. The number of rotatable bonds is 6. The molecular formula is C14H22N2O2. The molecule has 1 atom stereocenters. The fraction of sp³-hybridized carbons (Fsp3) is 0.571. The van der Waals surface area contributed by atoms with Gasteiger partial charge in [-0.1, -0.05) is 0 Å². The first-order chi connectivity index (χ1) is 8.83. The van der Waals surface area contributed by atoms with Crippen molar-refractivity contribution in [1.29, 1.82) is 0 Å². The maximum atomic E-state index is 5.64. The summed E-state index contributed by atoms with van der Waals surface area (Å²) in [7, 11) is 0. The third kappa shape index (κ3) is 3.29. The Morgan fingerprint density at radius 3 is 2.78 bits per heavy atom. The predicted octanol–water partition coefficient (Wildman–Crippen LogP) is 2.26. The Kier molecular flexibility index (Phi) is 4.70. The monoisotopic (exact) mass is 250 g/mol. The molecule has 1 aromatic carbocycles. The summed E-state index contributed by atoms with van der Waals surface area (Å²) in [6.45, 7) is 7.42. The van der Waals surface area contributed by atoms with Gasteiger partial charge in [-0.15, -0.1) is 0 Å². The number of ether oxygens (including phenoxy) is 2. The van der Waals surface area contributed by atoms with E-state index >= 15 is 0 Å². The first-order valence-corrected chi connectivity index (χ1v) is 6.70. The SMILES string of the molecule is CCOc1ccc(OCC)c(NC2CCNC2)c1. The molecule has 4 nitrogen and oxygen atoms in total. The minimum absolute atomic E-state index is 0.473. The third-order valence-corrected chi connectivity index (χ3v) is 2.98. The second-order valence-corrected chi connectivity index (χ2v) is 4.36. The lowest BCUT2D eigenvalue weighted by molar-refractivity contribution is 0.331. The van der Waals surface area contributed by atoms with Crippen molar-refractivity contribution in [2.75, 3.05) is 31.6 Å². The van der Waals surface area contributed by atoms with Crippen LogP contribution in [-0.2, 0) is 0 Å². The van der Waals surface area contributed by atoms with Crippen molar-refractivity contribution < 1.29 is 9.47 Å². The molecule has 100 valence electrons. The van der Waals surface area contributed by atoms with Gasteiger partial charge in [0, 0.05) is 18.7 Å². The van der Waals surface area contributed by atoms with Crippen LogP contribution < -0.4 is 20.1 Å². The molecule has 2 N–H and O–H groups in total. The molecular weight excluding hydrogens is 228 g/mol. The van der Waals surface area contributed by atoms with E-state index in [4.69, 9.17) is 9.47 Å². The number of anilines is 1. The summed E-state index contributed by atoms with van der Waals surface area (Å²) in [6, 6.07) is 6.42. The van der Waals surface area contributed by atoms with E-state index in [1.54, 1.807) is 0 Å². The summed E-state index contributed by atoms with van der Waals surface area (Å²) in [5.41, 5.74) is 1.02. The van der Waals surface area contributed by atoms with Crippen LogP contribution in [0.15, 0.2) is 18.2 Å². The fourth-order valence-corrected chi connectivity index (χ4v) is 2.16. The van der Waals surface area contributed by atoms with Crippen LogP contribution in [0.1, 0.15) is 20.3 Å². The van der Waals surface area contributed by atoms with E-state index in [1.165, 1.54) is 0 Å². The van der Waals surface area contributed by atoms with E-state index in [1.807, 2.05) is 32.0 Å². The minimum Gasteiger partial charge on any atom is -0.494 e. The summed E-state index contributed by atoms with van der Waals surface area (Å²) in [5, 5.41) is 6.87. The summed E-state index contributed by atoms with van der Waals surface area (Å²) >= 11 is 0. The molecule has 1 aliphatic rings. The Balaban J connectivity index is 2.13. The van der Waals surface area contributed by atoms with Gasteiger partial charge in [-0.3, -0.25) is 0 Å². The van der Waals surface area contributed by atoms with Crippen molar-refractivity contribution >= 4 is 5.69 Å². The van der Waals surface area contributed by atoms with E-state index < -0.39 is 0 Å². The van der Waals surface area contributed by atoms with Crippen molar-refractivity contribution in [2.45, 2.75) is 26.3 Å². The predicted molar refractivity (Wildman–Crippen MR) is 73.7 cm³/mol. The molecule has 1 aliphatic heterocycles. The first-order valence-electron chi connectivity index (χ1n) is 6.70. The summed E-state index contributed by atoms with van der Waals surface area (Å²) in [4.78, 5) is 0. The largest absolute Gasteiger partial charge is 0.494 e. The van der Waals surface area contributed by atoms with E-state index in [9.17, 15) is 0 Å². The van der Waals surface area contributed by atoms with Gasteiger partial charge in [0.15, 0.2) is 0 Å². The van der Waals surface area contributed by atoms with Gasteiger partial charge >= 0.3 is 0 Å². The lowest BCUT2D eigenvalue weighted by Crippen LogP contribution is -2.22. The highest BCUT2D eigenvalue weighted by Crippen LogP contribution is 2.30. The van der Waals surface area contributed by atoms with Crippen molar-refractivity contribution in [3.63, 3.8) is 0 Å². The smallest absolute Gasteiger partial charge is 0.142 e. The Labute approximate surface area is 109 Å². The van der Waals surface area contributed by atoms with Gasteiger partial charge in [0.25, 0.3) is 0 Å². The lowest BCUT2D eigenvalue weighted by Gasteiger charge is -2.17. The van der Waals surface area contributed by atoms with Crippen LogP contribution in [-0.4, -0.2) is 32.3 Å². The van der Waals surface area contributed by atoms with Crippen LogP contribution in [0.25, 0.3) is 0 Å². The summed E-state index contributed by atoms with van der Waals surface area (Å²) < 4.78 is 11.2. The van der Waals surface area contributed by atoms with E-state index in [0.717, 1.165) is 36.7 Å². The van der Waals surface area contributed by atoms with E-state index in [-0.39, 0.29) is 0 Å². The quantitative estimate of drug-likeness (QED) is 0.812. The van der Waals surface area contributed by atoms with Crippen LogP contribution in [0, 0.1) is 0 Å². The van der Waals surface area contributed by atoms with Crippen molar-refractivity contribution in [1.82, 2.24) is 5.32 Å². The standard InChI is InChI=1S/C14H22N2O2/c1-3-17-12-5-6-14(18-4-2)13(9-12)16-11-7-8-15-10-11/h5-6,9,11,15-16H,3-4,7-8,10H2,1-2H3. The van der Waals surface area contributed by atoms with Gasteiger partial charge in [-0.2, -0.15) is 0 Å². The van der Waals surface area contributed by atoms with Gasteiger partial charge < -0.3 is 20.1 Å². The lowest BCUT2D eigenvalue weighted by atomic mass is 10.2. The molecule has 18 heavy (non-hydrogen) atoms. The summed E-state index contributed by atoms with van der Waals surface area (Å²) in [6.07, 6.45) is 1.14. The molecule has 0 radical (unpaired) electrons. The Morgan fingerprint density at radius 1 is 1.28 bits per heavy atom. The molecule has 1 saturated heterocycles. The molecule has 1 heterocycles. The molecule has 0 aliphatic carbocycles. The second kappa shape index (κ2) is 6.50. The van der Waals surface area contributed by atoms with Gasteiger partial charge in [0.05, 0.1) is 18.9 Å². The number of nitrogens with one attached hydrogen (secondary N) is 2. The number of benzene rings is 1. The normalized spacial score (nSPS) is 18.7. The molecule has 1 unspecified atom stereocenters. The zero-order valence-electron chi connectivity index (χ0n) is 11.2. The number of hydrogen-bond donors (Lipinski definition) is 2. The highest BCUT2D eigenvalue weighted by molar-refractivity contribution is 5.60. The average molecular weight is 250 g/mol. The van der Waals surface area contributed by atoms with Crippen LogP contribution in [0.2, 0.25) is 0 Å². The van der Waals surface area contributed by atoms with Crippen LogP contribution in [0.4, 0.5) is 5.69 Å². The van der Waals surface area contributed by atoms with E-state index in [0.29, 0.717) is 19.3 Å². The van der Waals surface area contributed by atoms with Crippen LogP contribution >= 0.6 is 0 Å². The van der Waals surface area contributed by atoms with Crippen molar-refractivity contribution in [3.05, 3.63) is 18.2 Å². The fourth-order valence-electron chi connectivity index (χ4n) is 2.16. The van der Waals surface area contributed by atoms with E-state index in [2.05, 4.69) is 10.6 Å². The average Bonchev–Trinajstić information content (AvgIpc) is 2.86. The van der Waals surface area contributed by atoms with Gasteiger partial charge in [-0.25, -0.2) is 0 Å². The molecule has 0 aromatic heterocycles. The molecule has 2 rings (SSSR count). The van der Waals surface area contributed by atoms with Crippen molar-refractivity contribution in [2.24, 2.45) is 0 Å². The Hall–Kier alpha value is -1.42. The highest BCUT2D eigenvalue weighted by Gasteiger charge is 2.16. The van der Waals surface area contributed by atoms with Crippen molar-refractivity contribution in [3.8, 4) is 11.5 Å².